The van der Waals surface area contributed by atoms with Crippen molar-refractivity contribution in [2.75, 3.05) is 0 Å². The van der Waals surface area contributed by atoms with Gasteiger partial charge in [-0.25, -0.2) is 14.4 Å². The van der Waals surface area contributed by atoms with E-state index in [2.05, 4.69) is 9.97 Å². The molecule has 0 amide bonds. The average Bonchev–Trinajstić information content (AvgIpc) is 2.29. The number of hydrogen-bond donors (Lipinski definition) is 2. The Morgan fingerprint density at radius 3 is 2.76 bits per heavy atom. The van der Waals surface area contributed by atoms with E-state index in [4.69, 9.17) is 11.1 Å². The number of halogens is 1. The van der Waals surface area contributed by atoms with Crippen molar-refractivity contribution in [2.45, 2.75) is 9.92 Å². The number of hydrogen-bond acceptors (Lipinski definition) is 4. The van der Waals surface area contributed by atoms with Gasteiger partial charge in [-0.2, -0.15) is 0 Å². The van der Waals surface area contributed by atoms with E-state index in [1.807, 2.05) is 0 Å². The van der Waals surface area contributed by atoms with Gasteiger partial charge in [-0.05, 0) is 18.2 Å². The summed E-state index contributed by atoms with van der Waals surface area (Å²) in [4.78, 5) is 8.74. The van der Waals surface area contributed by atoms with Gasteiger partial charge in [-0.3, -0.25) is 5.41 Å². The van der Waals surface area contributed by atoms with E-state index >= 15 is 0 Å². The van der Waals surface area contributed by atoms with Crippen molar-refractivity contribution in [3.05, 3.63) is 48.2 Å². The van der Waals surface area contributed by atoms with Crippen molar-refractivity contribution in [2.24, 2.45) is 5.73 Å². The van der Waals surface area contributed by atoms with Gasteiger partial charge in [-0.1, -0.05) is 17.8 Å². The molecule has 0 aliphatic heterocycles. The molecule has 0 aliphatic carbocycles. The van der Waals surface area contributed by atoms with Crippen LogP contribution in [-0.4, -0.2) is 15.8 Å². The number of rotatable bonds is 3. The fourth-order valence-corrected chi connectivity index (χ4v) is 2.14. The number of aromatic nitrogens is 2. The zero-order valence-corrected chi connectivity index (χ0v) is 9.54. The van der Waals surface area contributed by atoms with Gasteiger partial charge in [0.05, 0.1) is 0 Å². The summed E-state index contributed by atoms with van der Waals surface area (Å²) in [7, 11) is 0. The molecule has 2 aromatic rings. The number of nitrogens with two attached hydrogens (primary N) is 1. The molecule has 3 N–H and O–H groups in total. The summed E-state index contributed by atoms with van der Waals surface area (Å²) in [5, 5.41) is 7.86. The van der Waals surface area contributed by atoms with Crippen LogP contribution in [0.4, 0.5) is 4.39 Å². The second-order valence-electron chi connectivity index (χ2n) is 3.18. The van der Waals surface area contributed by atoms with Gasteiger partial charge in [-0.15, -0.1) is 0 Å². The highest BCUT2D eigenvalue weighted by atomic mass is 32.2. The van der Waals surface area contributed by atoms with Crippen molar-refractivity contribution < 1.29 is 4.39 Å². The van der Waals surface area contributed by atoms with Gasteiger partial charge < -0.3 is 5.73 Å². The maximum atomic E-state index is 13.0. The Balaban J connectivity index is 2.33. The highest BCUT2D eigenvalue weighted by molar-refractivity contribution is 7.99. The van der Waals surface area contributed by atoms with E-state index in [1.54, 1.807) is 12.1 Å². The lowest BCUT2D eigenvalue weighted by molar-refractivity contribution is 0.624. The van der Waals surface area contributed by atoms with Crippen molar-refractivity contribution in [1.82, 2.24) is 9.97 Å². The number of benzene rings is 1. The van der Waals surface area contributed by atoms with E-state index in [0.29, 0.717) is 15.6 Å². The molecule has 0 saturated heterocycles. The molecule has 1 aromatic carbocycles. The zero-order chi connectivity index (χ0) is 12.3. The van der Waals surface area contributed by atoms with Crippen LogP contribution in [0.5, 0.6) is 0 Å². The van der Waals surface area contributed by atoms with Gasteiger partial charge in [0.15, 0.2) is 0 Å². The maximum Gasteiger partial charge on any atom is 0.144 e. The summed E-state index contributed by atoms with van der Waals surface area (Å²) in [6, 6.07) is 6.13. The molecule has 1 heterocycles. The van der Waals surface area contributed by atoms with Crippen LogP contribution < -0.4 is 5.73 Å². The molecule has 4 nitrogen and oxygen atoms in total. The van der Waals surface area contributed by atoms with Crippen LogP contribution in [0.1, 0.15) is 5.69 Å². The molecule has 2 rings (SSSR count). The van der Waals surface area contributed by atoms with E-state index in [-0.39, 0.29) is 11.7 Å². The minimum absolute atomic E-state index is 0.156. The summed E-state index contributed by atoms with van der Waals surface area (Å²) < 4.78 is 13.0. The van der Waals surface area contributed by atoms with Crippen molar-refractivity contribution in [1.29, 1.82) is 5.41 Å². The minimum Gasteiger partial charge on any atom is -0.382 e. The van der Waals surface area contributed by atoms with Crippen LogP contribution in [0.25, 0.3) is 0 Å². The van der Waals surface area contributed by atoms with Gasteiger partial charge in [0.2, 0.25) is 0 Å². The summed E-state index contributed by atoms with van der Waals surface area (Å²) in [6.07, 6.45) is 2.97. The Labute approximate surface area is 102 Å². The molecule has 0 saturated carbocycles. The van der Waals surface area contributed by atoms with E-state index in [0.717, 1.165) is 0 Å². The maximum absolute atomic E-state index is 13.0. The highest BCUT2D eigenvalue weighted by Crippen LogP contribution is 2.27. The Hall–Kier alpha value is -1.95. The lowest BCUT2D eigenvalue weighted by atomic mass is 10.3. The van der Waals surface area contributed by atoms with Crippen molar-refractivity contribution >= 4 is 17.6 Å². The van der Waals surface area contributed by atoms with Crippen LogP contribution in [0, 0.1) is 11.2 Å². The Bertz CT molecular complexity index is 559. The van der Waals surface area contributed by atoms with E-state index < -0.39 is 0 Å². The fourth-order valence-electron chi connectivity index (χ4n) is 1.23. The predicted octanol–water partition coefficient (Wildman–Crippen LogP) is 2.05. The molecule has 0 aliphatic rings. The third-order valence-electron chi connectivity index (χ3n) is 1.93. The SMILES string of the molecule is N=C(N)c1nccnc1Sc1cccc(F)c1. The predicted molar refractivity (Wildman–Crippen MR) is 63.6 cm³/mol. The third-order valence-corrected chi connectivity index (χ3v) is 2.91. The lowest BCUT2D eigenvalue weighted by Crippen LogP contribution is -2.14. The van der Waals surface area contributed by atoms with Crippen LogP contribution in [0.15, 0.2) is 46.6 Å². The monoisotopic (exact) mass is 248 g/mol. The van der Waals surface area contributed by atoms with Gasteiger partial charge in [0.1, 0.15) is 22.4 Å². The molecule has 0 bridgehead atoms. The quantitative estimate of drug-likeness (QED) is 0.644. The number of amidine groups is 1. The molecule has 0 fully saturated rings. The van der Waals surface area contributed by atoms with E-state index in [9.17, 15) is 4.39 Å². The second-order valence-corrected chi connectivity index (χ2v) is 4.25. The normalized spacial score (nSPS) is 10.2. The Kier molecular flexibility index (Phi) is 3.34. The molecule has 1 aromatic heterocycles. The first-order chi connectivity index (χ1) is 8.16. The molecule has 0 spiro atoms. The van der Waals surface area contributed by atoms with Gasteiger partial charge in [0.25, 0.3) is 0 Å². The zero-order valence-electron chi connectivity index (χ0n) is 8.72. The standard InChI is InChI=1S/C11H9FN4S/c12-7-2-1-3-8(6-7)17-11-9(10(13)14)15-4-5-16-11/h1-6H,(H3,13,14). The smallest absolute Gasteiger partial charge is 0.144 e. The average molecular weight is 248 g/mol. The van der Waals surface area contributed by atoms with Crippen LogP contribution >= 0.6 is 11.8 Å². The number of nitrogen functional groups attached to an aromatic ring is 1. The van der Waals surface area contributed by atoms with Crippen LogP contribution in [0.3, 0.4) is 0 Å². The summed E-state index contributed by atoms with van der Waals surface area (Å²) in [6.45, 7) is 0. The highest BCUT2D eigenvalue weighted by Gasteiger charge is 2.09. The second kappa shape index (κ2) is 4.92. The fraction of sp³-hybridized carbons (Fsp3) is 0. The van der Waals surface area contributed by atoms with Gasteiger partial charge >= 0.3 is 0 Å². The van der Waals surface area contributed by atoms with Crippen molar-refractivity contribution in [3.63, 3.8) is 0 Å². The first-order valence-corrected chi connectivity index (χ1v) is 5.57. The first-order valence-electron chi connectivity index (χ1n) is 4.75. The Morgan fingerprint density at radius 1 is 1.29 bits per heavy atom. The van der Waals surface area contributed by atoms with Crippen LogP contribution in [-0.2, 0) is 0 Å². The first kappa shape index (κ1) is 11.5. The summed E-state index contributed by atoms with van der Waals surface area (Å²) in [5.74, 6) is -0.472. The molecule has 6 heteroatoms. The lowest BCUT2D eigenvalue weighted by Gasteiger charge is -2.05. The van der Waals surface area contributed by atoms with Crippen LogP contribution in [0.2, 0.25) is 0 Å². The molecule has 0 unspecified atom stereocenters. The van der Waals surface area contributed by atoms with Gasteiger partial charge in [0, 0.05) is 17.3 Å². The minimum atomic E-state index is -0.316. The number of nitrogens with zero attached hydrogens (tertiary/aromatic N) is 2. The summed E-state index contributed by atoms with van der Waals surface area (Å²) >= 11 is 1.22. The number of nitrogens with one attached hydrogen (secondary N) is 1. The Morgan fingerprint density at radius 2 is 2.06 bits per heavy atom. The molecule has 17 heavy (non-hydrogen) atoms. The molecule has 0 atom stereocenters. The molecular formula is C11H9FN4S. The largest absolute Gasteiger partial charge is 0.382 e. The third kappa shape index (κ3) is 2.79. The molecule has 0 radical (unpaired) electrons. The topological polar surface area (TPSA) is 75.7 Å². The molecule has 86 valence electrons. The summed E-state index contributed by atoms with van der Waals surface area (Å²) in [5.41, 5.74) is 5.70. The van der Waals surface area contributed by atoms with Crippen molar-refractivity contribution in [3.8, 4) is 0 Å². The van der Waals surface area contributed by atoms with E-state index in [1.165, 1.54) is 36.3 Å². The molecular weight excluding hydrogens is 239 g/mol.